The Morgan fingerprint density at radius 1 is 1.23 bits per heavy atom. The van der Waals surface area contributed by atoms with Crippen molar-refractivity contribution >= 4 is 6.03 Å². The number of hydrogen-bond donors (Lipinski definition) is 1. The minimum atomic E-state index is -0.516. The number of rotatable bonds is 8. The van der Waals surface area contributed by atoms with Crippen LogP contribution in [0.2, 0.25) is 0 Å². The smallest absolute Gasteiger partial charge is 0.314 e. The lowest BCUT2D eigenvalue weighted by Crippen LogP contribution is -2.35. The third-order valence-corrected chi connectivity index (χ3v) is 8.37. The van der Waals surface area contributed by atoms with Crippen molar-refractivity contribution in [3.05, 3.63) is 47.8 Å². The number of halogens is 1. The second-order valence-corrected chi connectivity index (χ2v) is 10.5. The number of fused-ring (bicyclic) bond motifs is 2. The minimum Gasteiger partial charge on any atom is -0.351 e. The molecule has 1 aromatic rings. The highest BCUT2D eigenvalue weighted by atomic mass is 19.1. The first-order valence-electron chi connectivity index (χ1n) is 12.0. The van der Waals surface area contributed by atoms with Gasteiger partial charge in [-0.15, -0.1) is 0 Å². The van der Waals surface area contributed by atoms with Crippen LogP contribution in [0, 0.1) is 22.6 Å². The summed E-state index contributed by atoms with van der Waals surface area (Å²) < 4.78 is 14.1. The summed E-state index contributed by atoms with van der Waals surface area (Å²) in [6, 6.07) is 6.13. The Morgan fingerprint density at radius 3 is 2.26 bits per heavy atom. The first-order valence-corrected chi connectivity index (χ1v) is 12.0. The van der Waals surface area contributed by atoms with Gasteiger partial charge in [0.15, 0.2) is 0 Å². The molecule has 1 atom stereocenters. The number of likely N-dealkylation sites (N-methyl/N-ethyl adjacent to an activating group) is 1. The third-order valence-electron chi connectivity index (χ3n) is 8.37. The van der Waals surface area contributed by atoms with E-state index in [4.69, 9.17) is 5.73 Å². The van der Waals surface area contributed by atoms with Crippen molar-refractivity contribution in [1.82, 2.24) is 4.90 Å². The van der Waals surface area contributed by atoms with E-state index in [1.807, 2.05) is 0 Å². The quantitative estimate of drug-likeness (QED) is 0.342. The summed E-state index contributed by atoms with van der Waals surface area (Å²) in [5.41, 5.74) is 8.17. The van der Waals surface area contributed by atoms with E-state index in [0.717, 1.165) is 37.2 Å². The van der Waals surface area contributed by atoms with Crippen molar-refractivity contribution in [3.63, 3.8) is 0 Å². The predicted octanol–water partition coefficient (Wildman–Crippen LogP) is 7.28. The number of benzene rings is 1. The predicted molar refractivity (Wildman–Crippen MR) is 128 cm³/mol. The second kappa shape index (κ2) is 10.7. The van der Waals surface area contributed by atoms with Gasteiger partial charge >= 0.3 is 6.03 Å². The van der Waals surface area contributed by atoms with Crippen molar-refractivity contribution in [2.24, 2.45) is 22.5 Å². The Bertz CT molecular complexity index is 747. The number of unbranched alkanes of at least 4 members (excludes halogenated alkanes) is 2. The van der Waals surface area contributed by atoms with Crippen LogP contribution in [0.15, 0.2) is 36.4 Å². The van der Waals surface area contributed by atoms with E-state index in [9.17, 15) is 9.18 Å². The van der Waals surface area contributed by atoms with Gasteiger partial charge in [0, 0.05) is 19.5 Å². The standard InChI is InChI=1S/C17H25FN2O.C10H18/c1-4-5-6-9-13(2)15(12-20(3)17(19)21)14-10-7-8-11-16(14)18;1-9(2)8-4-6-10(9,3)7-5-8/h7-8,10-11,15H,2,4-6,9,12H2,1,3H3,(H2,19,21);8H,4-7H2,1-3H3. The summed E-state index contributed by atoms with van der Waals surface area (Å²) in [7, 11) is 1.62. The lowest BCUT2D eigenvalue weighted by Gasteiger charge is -2.34. The van der Waals surface area contributed by atoms with Gasteiger partial charge < -0.3 is 10.6 Å². The van der Waals surface area contributed by atoms with Crippen LogP contribution in [-0.4, -0.2) is 24.5 Å². The highest BCUT2D eigenvalue weighted by Gasteiger charge is 2.55. The molecule has 2 aliphatic carbocycles. The van der Waals surface area contributed by atoms with Crippen molar-refractivity contribution in [1.29, 1.82) is 0 Å². The summed E-state index contributed by atoms with van der Waals surface area (Å²) in [5.74, 6) is 0.565. The fourth-order valence-electron chi connectivity index (χ4n) is 5.46. The van der Waals surface area contributed by atoms with E-state index in [0.29, 0.717) is 22.9 Å². The molecule has 2 aliphatic rings. The maximum atomic E-state index is 14.1. The molecule has 2 amide bonds. The fourth-order valence-corrected chi connectivity index (χ4v) is 5.46. The number of nitrogens with two attached hydrogens (primary N) is 1. The number of hydrogen-bond acceptors (Lipinski definition) is 1. The highest BCUT2D eigenvalue weighted by molar-refractivity contribution is 5.71. The molecule has 2 fully saturated rings. The summed E-state index contributed by atoms with van der Waals surface area (Å²) in [4.78, 5) is 12.7. The number of nitrogens with zero attached hydrogens (tertiary/aromatic N) is 1. The highest BCUT2D eigenvalue weighted by Crippen LogP contribution is 2.65. The van der Waals surface area contributed by atoms with Gasteiger partial charge in [0.05, 0.1) is 0 Å². The van der Waals surface area contributed by atoms with Gasteiger partial charge in [-0.25, -0.2) is 9.18 Å². The Kier molecular flexibility index (Phi) is 8.73. The number of amides is 2. The molecular formula is C27H43FN2O. The molecule has 2 bridgehead atoms. The molecule has 4 heteroatoms. The van der Waals surface area contributed by atoms with Gasteiger partial charge in [0.2, 0.25) is 0 Å². The summed E-state index contributed by atoms with van der Waals surface area (Å²) in [5, 5.41) is 0. The molecule has 2 N–H and O–H groups in total. The largest absolute Gasteiger partial charge is 0.351 e. The normalized spacial score (nSPS) is 24.3. The van der Waals surface area contributed by atoms with Gasteiger partial charge in [-0.3, -0.25) is 0 Å². The summed E-state index contributed by atoms with van der Waals surface area (Å²) in [6.07, 6.45) is 10.1. The molecular weight excluding hydrogens is 387 g/mol. The van der Waals surface area contributed by atoms with Crippen LogP contribution in [0.25, 0.3) is 0 Å². The lowest BCUT2D eigenvalue weighted by atomic mass is 9.71. The molecule has 31 heavy (non-hydrogen) atoms. The Labute approximate surface area is 189 Å². The molecule has 1 unspecified atom stereocenters. The first-order chi connectivity index (χ1) is 14.5. The summed E-state index contributed by atoms with van der Waals surface area (Å²) >= 11 is 0. The van der Waals surface area contributed by atoms with E-state index in [2.05, 4.69) is 34.3 Å². The van der Waals surface area contributed by atoms with Crippen LogP contribution in [0.1, 0.15) is 90.5 Å². The van der Waals surface area contributed by atoms with E-state index in [1.54, 1.807) is 25.2 Å². The van der Waals surface area contributed by atoms with E-state index in [-0.39, 0.29) is 11.7 Å². The Morgan fingerprint density at radius 2 is 1.84 bits per heavy atom. The molecule has 3 nitrogen and oxygen atoms in total. The Balaban J connectivity index is 0.000000280. The lowest BCUT2D eigenvalue weighted by molar-refractivity contribution is 0.152. The monoisotopic (exact) mass is 430 g/mol. The molecule has 0 aliphatic heterocycles. The molecule has 0 saturated heterocycles. The molecule has 0 spiro atoms. The molecule has 1 aromatic carbocycles. The average Bonchev–Trinajstić information content (AvgIpc) is 3.08. The topological polar surface area (TPSA) is 46.3 Å². The third kappa shape index (κ3) is 5.90. The molecule has 174 valence electrons. The van der Waals surface area contributed by atoms with Gasteiger partial charge in [-0.1, -0.05) is 70.9 Å². The first kappa shape index (κ1) is 25.4. The van der Waals surface area contributed by atoms with Crippen LogP contribution >= 0.6 is 0 Å². The maximum absolute atomic E-state index is 14.1. The number of primary amides is 1. The number of urea groups is 1. The molecule has 0 radical (unpaired) electrons. The maximum Gasteiger partial charge on any atom is 0.314 e. The fraction of sp³-hybridized carbons (Fsp3) is 0.667. The molecule has 3 rings (SSSR count). The molecule has 0 aromatic heterocycles. The average molecular weight is 431 g/mol. The van der Waals surface area contributed by atoms with Crippen LogP contribution in [0.3, 0.4) is 0 Å². The number of carbonyl (C=O) groups excluding carboxylic acids is 1. The van der Waals surface area contributed by atoms with E-state index in [1.165, 1.54) is 36.6 Å². The molecule has 2 saturated carbocycles. The van der Waals surface area contributed by atoms with Gasteiger partial charge in [0.25, 0.3) is 0 Å². The van der Waals surface area contributed by atoms with Crippen LogP contribution < -0.4 is 5.73 Å². The van der Waals surface area contributed by atoms with Crippen molar-refractivity contribution in [3.8, 4) is 0 Å². The van der Waals surface area contributed by atoms with Crippen LogP contribution in [0.5, 0.6) is 0 Å². The van der Waals surface area contributed by atoms with E-state index >= 15 is 0 Å². The number of carbonyl (C=O) groups is 1. The zero-order valence-corrected chi connectivity index (χ0v) is 20.3. The Hall–Kier alpha value is -1.84. The van der Waals surface area contributed by atoms with Crippen molar-refractivity contribution in [2.75, 3.05) is 13.6 Å². The van der Waals surface area contributed by atoms with E-state index < -0.39 is 6.03 Å². The van der Waals surface area contributed by atoms with Crippen LogP contribution in [0.4, 0.5) is 9.18 Å². The van der Waals surface area contributed by atoms with Gasteiger partial charge in [-0.2, -0.15) is 0 Å². The zero-order valence-electron chi connectivity index (χ0n) is 20.3. The van der Waals surface area contributed by atoms with Gasteiger partial charge in [0.1, 0.15) is 5.82 Å². The van der Waals surface area contributed by atoms with Crippen LogP contribution in [-0.2, 0) is 0 Å². The minimum absolute atomic E-state index is 0.222. The van der Waals surface area contributed by atoms with Crippen molar-refractivity contribution in [2.45, 2.75) is 85.0 Å². The van der Waals surface area contributed by atoms with Gasteiger partial charge in [-0.05, 0) is 66.9 Å². The van der Waals surface area contributed by atoms with Crippen molar-refractivity contribution < 1.29 is 9.18 Å². The zero-order chi connectivity index (χ0) is 23.2. The summed E-state index contributed by atoms with van der Waals surface area (Å²) in [6.45, 7) is 14.0. The SMILES string of the molecule is C=C(CCCCC)C(CN(C)C(N)=O)c1ccccc1F.CC12CCC(CC1)C2(C)C. The molecule has 0 heterocycles. The second-order valence-electron chi connectivity index (χ2n) is 10.5.